The molecule has 1 aliphatic rings. The molecular formula is C13H25N5. The molecular weight excluding hydrogens is 226 g/mol. The first-order valence-electron chi connectivity index (χ1n) is 6.84. The van der Waals surface area contributed by atoms with E-state index in [0.717, 1.165) is 25.5 Å². The molecule has 1 N–H and O–H groups in total. The topological polar surface area (TPSA) is 46.0 Å². The van der Waals surface area contributed by atoms with Crippen molar-refractivity contribution >= 4 is 0 Å². The third-order valence-electron chi connectivity index (χ3n) is 3.89. The quantitative estimate of drug-likeness (QED) is 0.872. The monoisotopic (exact) mass is 251 g/mol. The van der Waals surface area contributed by atoms with Gasteiger partial charge in [0, 0.05) is 31.7 Å². The molecule has 1 atom stereocenters. The van der Waals surface area contributed by atoms with Crippen LogP contribution in [0.3, 0.4) is 0 Å². The number of aryl methyl sites for hydroxylation is 1. The second kappa shape index (κ2) is 5.36. The highest BCUT2D eigenvalue weighted by Gasteiger charge is 2.34. The standard InChI is InChI=1S/C13H25N5/c1-5-6-11-7-18(13(2,3)9-14-11)8-12-15-10-16-17(12)4/h10-11,14H,5-9H2,1-4H3. The largest absolute Gasteiger partial charge is 0.311 e. The summed E-state index contributed by atoms with van der Waals surface area (Å²) in [7, 11) is 1.96. The highest BCUT2D eigenvalue weighted by molar-refractivity contribution is 4.96. The highest BCUT2D eigenvalue weighted by atomic mass is 15.4. The van der Waals surface area contributed by atoms with Crippen LogP contribution >= 0.6 is 0 Å². The number of hydrogen-bond acceptors (Lipinski definition) is 4. The minimum atomic E-state index is 0.177. The van der Waals surface area contributed by atoms with Crippen LogP contribution in [0, 0.1) is 0 Å². The summed E-state index contributed by atoms with van der Waals surface area (Å²) in [5.74, 6) is 1.04. The molecule has 0 aromatic carbocycles. The molecule has 0 amide bonds. The van der Waals surface area contributed by atoms with Gasteiger partial charge in [-0.3, -0.25) is 9.58 Å². The van der Waals surface area contributed by atoms with E-state index in [9.17, 15) is 0 Å². The summed E-state index contributed by atoms with van der Waals surface area (Å²) in [5, 5.41) is 7.80. The zero-order valence-electron chi connectivity index (χ0n) is 12.0. The van der Waals surface area contributed by atoms with Crippen LogP contribution in [0.1, 0.15) is 39.4 Å². The van der Waals surface area contributed by atoms with Gasteiger partial charge in [-0.05, 0) is 20.3 Å². The minimum Gasteiger partial charge on any atom is -0.311 e. The van der Waals surface area contributed by atoms with E-state index in [4.69, 9.17) is 0 Å². The second-order valence-corrected chi connectivity index (χ2v) is 5.86. The predicted octanol–water partition coefficient (Wildman–Crippen LogP) is 1.17. The molecule has 1 aromatic rings. The Morgan fingerprint density at radius 2 is 2.28 bits per heavy atom. The zero-order chi connectivity index (χ0) is 13.2. The Hall–Kier alpha value is -0.940. The third kappa shape index (κ3) is 2.90. The van der Waals surface area contributed by atoms with Crippen LogP contribution < -0.4 is 5.32 Å². The average Bonchev–Trinajstić information content (AvgIpc) is 2.70. The van der Waals surface area contributed by atoms with Crippen LogP contribution in [0.4, 0.5) is 0 Å². The van der Waals surface area contributed by atoms with Crippen molar-refractivity contribution in [2.45, 2.75) is 51.7 Å². The predicted molar refractivity (Wildman–Crippen MR) is 72.2 cm³/mol. The number of aromatic nitrogens is 3. The van der Waals surface area contributed by atoms with Crippen LogP contribution in [-0.2, 0) is 13.6 Å². The van der Waals surface area contributed by atoms with Crippen molar-refractivity contribution in [2.75, 3.05) is 13.1 Å². The van der Waals surface area contributed by atoms with Gasteiger partial charge in [0.05, 0.1) is 6.54 Å². The fourth-order valence-corrected chi connectivity index (χ4v) is 2.54. The van der Waals surface area contributed by atoms with Crippen molar-refractivity contribution in [3.05, 3.63) is 12.2 Å². The molecule has 2 rings (SSSR count). The summed E-state index contributed by atoms with van der Waals surface area (Å²) >= 11 is 0. The molecule has 0 bridgehead atoms. The van der Waals surface area contributed by atoms with Crippen molar-refractivity contribution in [1.29, 1.82) is 0 Å². The summed E-state index contributed by atoms with van der Waals surface area (Å²) in [6.07, 6.45) is 4.11. The summed E-state index contributed by atoms with van der Waals surface area (Å²) < 4.78 is 1.87. The third-order valence-corrected chi connectivity index (χ3v) is 3.89. The fraction of sp³-hybridized carbons (Fsp3) is 0.846. The van der Waals surface area contributed by atoms with Gasteiger partial charge in [-0.25, -0.2) is 4.98 Å². The second-order valence-electron chi connectivity index (χ2n) is 5.86. The summed E-state index contributed by atoms with van der Waals surface area (Å²) in [4.78, 5) is 6.86. The molecule has 0 radical (unpaired) electrons. The number of piperazine rings is 1. The van der Waals surface area contributed by atoms with Crippen molar-refractivity contribution < 1.29 is 0 Å². The van der Waals surface area contributed by atoms with Crippen LogP contribution in [0.15, 0.2) is 6.33 Å². The summed E-state index contributed by atoms with van der Waals surface area (Å²) in [5.41, 5.74) is 0.177. The van der Waals surface area contributed by atoms with Gasteiger partial charge in [-0.2, -0.15) is 5.10 Å². The van der Waals surface area contributed by atoms with Gasteiger partial charge < -0.3 is 5.32 Å². The Morgan fingerprint density at radius 3 is 2.89 bits per heavy atom. The van der Waals surface area contributed by atoms with Crippen LogP contribution in [0.2, 0.25) is 0 Å². The molecule has 1 unspecified atom stereocenters. The van der Waals surface area contributed by atoms with E-state index in [2.05, 4.69) is 41.1 Å². The van der Waals surface area contributed by atoms with Gasteiger partial charge in [-0.1, -0.05) is 13.3 Å². The molecule has 1 aliphatic heterocycles. The smallest absolute Gasteiger partial charge is 0.140 e. The summed E-state index contributed by atoms with van der Waals surface area (Å²) in [6.45, 7) is 9.83. The van der Waals surface area contributed by atoms with E-state index in [1.807, 2.05) is 11.7 Å². The Bertz CT molecular complexity index is 384. The Labute approximate surface area is 110 Å². The van der Waals surface area contributed by atoms with Crippen molar-refractivity contribution in [2.24, 2.45) is 7.05 Å². The van der Waals surface area contributed by atoms with Gasteiger partial charge in [0.25, 0.3) is 0 Å². The minimum absolute atomic E-state index is 0.177. The maximum atomic E-state index is 4.34. The van der Waals surface area contributed by atoms with E-state index < -0.39 is 0 Å². The van der Waals surface area contributed by atoms with Gasteiger partial charge >= 0.3 is 0 Å². The molecule has 0 spiro atoms. The van der Waals surface area contributed by atoms with Crippen LogP contribution in [0.5, 0.6) is 0 Å². The average molecular weight is 251 g/mol. The molecule has 1 aromatic heterocycles. The normalized spacial score (nSPS) is 24.3. The van der Waals surface area contributed by atoms with Crippen LogP contribution in [-0.4, -0.2) is 44.3 Å². The molecule has 102 valence electrons. The fourth-order valence-electron chi connectivity index (χ4n) is 2.54. The molecule has 0 aliphatic carbocycles. The molecule has 18 heavy (non-hydrogen) atoms. The lowest BCUT2D eigenvalue weighted by Gasteiger charge is -2.46. The lowest BCUT2D eigenvalue weighted by molar-refractivity contribution is 0.0530. The molecule has 1 fully saturated rings. The Balaban J connectivity index is 2.05. The first-order valence-corrected chi connectivity index (χ1v) is 6.84. The number of hydrogen-bond donors (Lipinski definition) is 1. The lowest BCUT2D eigenvalue weighted by Crippen LogP contribution is -2.61. The number of rotatable bonds is 4. The number of nitrogens with one attached hydrogen (secondary N) is 1. The van der Waals surface area contributed by atoms with Crippen molar-refractivity contribution in [1.82, 2.24) is 25.0 Å². The van der Waals surface area contributed by atoms with Gasteiger partial charge in [0.1, 0.15) is 12.2 Å². The molecule has 5 nitrogen and oxygen atoms in total. The van der Waals surface area contributed by atoms with Gasteiger partial charge in [-0.15, -0.1) is 0 Å². The Morgan fingerprint density at radius 1 is 1.50 bits per heavy atom. The zero-order valence-corrected chi connectivity index (χ0v) is 12.0. The maximum Gasteiger partial charge on any atom is 0.140 e. The van der Waals surface area contributed by atoms with Gasteiger partial charge in [0.15, 0.2) is 0 Å². The number of nitrogens with zero attached hydrogens (tertiary/aromatic N) is 4. The molecule has 2 heterocycles. The van der Waals surface area contributed by atoms with E-state index in [1.165, 1.54) is 12.8 Å². The van der Waals surface area contributed by atoms with E-state index in [-0.39, 0.29) is 5.54 Å². The molecule has 0 saturated carbocycles. The lowest BCUT2D eigenvalue weighted by atomic mass is 9.96. The van der Waals surface area contributed by atoms with E-state index in [0.29, 0.717) is 6.04 Å². The molecule has 5 heteroatoms. The molecule has 1 saturated heterocycles. The van der Waals surface area contributed by atoms with Crippen molar-refractivity contribution in [3.63, 3.8) is 0 Å². The van der Waals surface area contributed by atoms with Crippen LogP contribution in [0.25, 0.3) is 0 Å². The first kappa shape index (κ1) is 13.5. The Kier molecular flexibility index (Phi) is 4.02. The first-order chi connectivity index (χ1) is 8.53. The SMILES string of the molecule is CCCC1CN(Cc2ncnn2C)C(C)(C)CN1. The highest BCUT2D eigenvalue weighted by Crippen LogP contribution is 2.21. The van der Waals surface area contributed by atoms with E-state index in [1.54, 1.807) is 6.33 Å². The van der Waals surface area contributed by atoms with Gasteiger partial charge in [0.2, 0.25) is 0 Å². The maximum absolute atomic E-state index is 4.34. The van der Waals surface area contributed by atoms with E-state index >= 15 is 0 Å². The summed E-state index contributed by atoms with van der Waals surface area (Å²) in [6, 6.07) is 0.608. The van der Waals surface area contributed by atoms with Crippen molar-refractivity contribution in [3.8, 4) is 0 Å².